The summed E-state index contributed by atoms with van der Waals surface area (Å²) in [5.41, 5.74) is 2.40. The number of hydrogen-bond donors (Lipinski definition) is 2. The molecule has 0 aromatic heterocycles. The van der Waals surface area contributed by atoms with Gasteiger partial charge in [0.25, 0.3) is 0 Å². The van der Waals surface area contributed by atoms with Crippen LogP contribution < -0.4 is 0 Å². The van der Waals surface area contributed by atoms with E-state index in [0.29, 0.717) is 5.56 Å². The van der Waals surface area contributed by atoms with Gasteiger partial charge in [-0.25, -0.2) is 0 Å². The fraction of sp³-hybridized carbons (Fsp3) is 0.409. The molecular weight excluding hydrogens is 312 g/mol. The molecular formula is C22H28O3. The first kappa shape index (κ1) is 19.0. The molecule has 3 heteroatoms. The van der Waals surface area contributed by atoms with Crippen molar-refractivity contribution in [2.45, 2.75) is 58.3 Å². The molecule has 134 valence electrons. The second kappa shape index (κ2) is 6.55. The lowest BCUT2D eigenvalue weighted by Gasteiger charge is -2.29. The average Bonchev–Trinajstić information content (AvgIpc) is 2.47. The molecule has 0 aliphatic heterocycles. The summed E-state index contributed by atoms with van der Waals surface area (Å²) in [6.45, 7) is 12.1. The first-order valence-electron chi connectivity index (χ1n) is 8.58. The van der Waals surface area contributed by atoms with Gasteiger partial charge in [-0.3, -0.25) is 4.79 Å². The van der Waals surface area contributed by atoms with Gasteiger partial charge in [-0.1, -0.05) is 84.0 Å². The molecule has 0 aliphatic carbocycles. The van der Waals surface area contributed by atoms with E-state index in [9.17, 15) is 15.0 Å². The minimum atomic E-state index is -0.892. The largest absolute Gasteiger partial charge is 0.507 e. The van der Waals surface area contributed by atoms with Crippen molar-refractivity contribution in [2.24, 2.45) is 0 Å². The van der Waals surface area contributed by atoms with Gasteiger partial charge in [-0.2, -0.15) is 0 Å². The summed E-state index contributed by atoms with van der Waals surface area (Å²) < 4.78 is 0. The number of benzene rings is 2. The van der Waals surface area contributed by atoms with E-state index in [-0.39, 0.29) is 16.6 Å². The molecule has 0 aliphatic rings. The van der Waals surface area contributed by atoms with Gasteiger partial charge in [0, 0.05) is 0 Å². The Hall–Kier alpha value is -2.29. The Morgan fingerprint density at radius 1 is 0.840 bits per heavy atom. The summed E-state index contributed by atoms with van der Waals surface area (Å²) in [6.07, 6.45) is 0. The zero-order chi connectivity index (χ0) is 19.0. The van der Waals surface area contributed by atoms with Crippen molar-refractivity contribution in [3.8, 4) is 5.75 Å². The summed E-state index contributed by atoms with van der Waals surface area (Å²) in [6, 6.07) is 12.9. The molecule has 0 bridgehead atoms. The van der Waals surface area contributed by atoms with Gasteiger partial charge in [0.05, 0.1) is 0 Å². The summed E-state index contributed by atoms with van der Waals surface area (Å²) in [5, 5.41) is 20.7. The van der Waals surface area contributed by atoms with Gasteiger partial charge < -0.3 is 10.2 Å². The van der Waals surface area contributed by atoms with E-state index >= 15 is 0 Å². The third-order valence-electron chi connectivity index (χ3n) is 4.46. The van der Waals surface area contributed by atoms with Crippen LogP contribution in [0, 0.1) is 0 Å². The lowest BCUT2D eigenvalue weighted by molar-refractivity contribution is -0.137. The number of aliphatic carboxylic acids is 1. The summed E-state index contributed by atoms with van der Waals surface area (Å²) >= 11 is 0. The van der Waals surface area contributed by atoms with Crippen LogP contribution in [0.1, 0.15) is 69.7 Å². The highest BCUT2D eigenvalue weighted by Crippen LogP contribution is 2.42. The highest BCUT2D eigenvalue weighted by atomic mass is 16.4. The van der Waals surface area contributed by atoms with E-state index < -0.39 is 11.9 Å². The predicted octanol–water partition coefficient (Wildman–Crippen LogP) is 5.20. The molecule has 0 radical (unpaired) electrons. The van der Waals surface area contributed by atoms with Crippen molar-refractivity contribution in [3.05, 3.63) is 64.7 Å². The maximum atomic E-state index is 12.0. The molecule has 1 atom stereocenters. The van der Waals surface area contributed by atoms with E-state index in [1.54, 1.807) is 0 Å². The van der Waals surface area contributed by atoms with E-state index in [1.165, 1.54) is 0 Å². The van der Waals surface area contributed by atoms with Crippen molar-refractivity contribution in [3.63, 3.8) is 0 Å². The number of carboxylic acid groups (broad SMARTS) is 1. The molecule has 2 N–H and O–H groups in total. The van der Waals surface area contributed by atoms with Gasteiger partial charge in [-0.15, -0.1) is 0 Å². The summed E-state index contributed by atoms with van der Waals surface area (Å²) in [7, 11) is 0. The molecule has 0 unspecified atom stereocenters. The Balaban J connectivity index is 2.78. The Bertz CT molecular complexity index is 727. The zero-order valence-electron chi connectivity index (χ0n) is 15.9. The lowest BCUT2D eigenvalue weighted by atomic mass is 9.76. The molecule has 2 aromatic rings. The molecule has 0 amide bonds. The Morgan fingerprint density at radius 3 is 1.64 bits per heavy atom. The van der Waals surface area contributed by atoms with Crippen LogP contribution in [0.2, 0.25) is 0 Å². The number of carboxylic acids is 1. The van der Waals surface area contributed by atoms with E-state index in [2.05, 4.69) is 0 Å². The number of carbonyl (C=O) groups is 1. The smallest absolute Gasteiger partial charge is 0.315 e. The van der Waals surface area contributed by atoms with Gasteiger partial charge in [0.15, 0.2) is 0 Å². The first-order valence-corrected chi connectivity index (χ1v) is 8.58. The third-order valence-corrected chi connectivity index (χ3v) is 4.46. The number of phenols is 1. The fourth-order valence-corrected chi connectivity index (χ4v) is 3.09. The molecule has 2 rings (SSSR count). The molecule has 0 saturated heterocycles. The lowest BCUT2D eigenvalue weighted by Crippen LogP contribution is -2.20. The highest BCUT2D eigenvalue weighted by Gasteiger charge is 2.30. The molecule has 0 saturated carbocycles. The molecule has 25 heavy (non-hydrogen) atoms. The van der Waals surface area contributed by atoms with Crippen LogP contribution in [-0.4, -0.2) is 16.2 Å². The Kier molecular flexibility index (Phi) is 4.99. The predicted molar refractivity (Wildman–Crippen MR) is 101 cm³/mol. The van der Waals surface area contributed by atoms with Gasteiger partial charge in [0.2, 0.25) is 0 Å². The van der Waals surface area contributed by atoms with Crippen LogP contribution in [0.5, 0.6) is 5.75 Å². The van der Waals surface area contributed by atoms with E-state index in [0.717, 1.165) is 16.7 Å². The van der Waals surface area contributed by atoms with Gasteiger partial charge in [-0.05, 0) is 33.1 Å². The number of phenolic OH excluding ortho intramolecular Hbond substituents is 1. The molecule has 0 fully saturated rings. The van der Waals surface area contributed by atoms with Gasteiger partial charge in [0.1, 0.15) is 11.7 Å². The minimum absolute atomic E-state index is 0.265. The second-order valence-corrected chi connectivity index (χ2v) is 8.65. The Labute approximate surface area is 150 Å². The topological polar surface area (TPSA) is 57.5 Å². The van der Waals surface area contributed by atoms with Crippen molar-refractivity contribution in [1.29, 1.82) is 0 Å². The van der Waals surface area contributed by atoms with Crippen molar-refractivity contribution < 1.29 is 15.0 Å². The third kappa shape index (κ3) is 4.04. The van der Waals surface area contributed by atoms with Crippen LogP contribution in [-0.2, 0) is 15.6 Å². The van der Waals surface area contributed by atoms with Crippen molar-refractivity contribution in [2.75, 3.05) is 0 Å². The number of aromatic hydroxyl groups is 1. The Morgan fingerprint density at radius 2 is 1.28 bits per heavy atom. The monoisotopic (exact) mass is 340 g/mol. The first-order chi connectivity index (χ1) is 11.4. The van der Waals surface area contributed by atoms with Crippen LogP contribution in [0.25, 0.3) is 0 Å². The van der Waals surface area contributed by atoms with Crippen LogP contribution >= 0.6 is 0 Å². The maximum absolute atomic E-state index is 12.0. The minimum Gasteiger partial charge on any atom is -0.507 e. The van der Waals surface area contributed by atoms with Crippen LogP contribution in [0.15, 0.2) is 42.5 Å². The van der Waals surface area contributed by atoms with Crippen molar-refractivity contribution >= 4 is 5.97 Å². The fourth-order valence-electron chi connectivity index (χ4n) is 3.09. The summed E-state index contributed by atoms with van der Waals surface area (Å²) in [5.74, 6) is -1.39. The molecule has 2 aromatic carbocycles. The van der Waals surface area contributed by atoms with Crippen molar-refractivity contribution in [1.82, 2.24) is 0 Å². The van der Waals surface area contributed by atoms with E-state index in [4.69, 9.17) is 0 Å². The van der Waals surface area contributed by atoms with E-state index in [1.807, 2.05) is 84.0 Å². The second-order valence-electron chi connectivity index (χ2n) is 8.65. The zero-order valence-corrected chi connectivity index (χ0v) is 15.9. The average molecular weight is 340 g/mol. The normalized spacial score (nSPS) is 13.5. The maximum Gasteiger partial charge on any atom is 0.315 e. The summed E-state index contributed by atoms with van der Waals surface area (Å²) in [4.78, 5) is 12.0. The highest BCUT2D eigenvalue weighted by molar-refractivity contribution is 5.81. The molecule has 0 heterocycles. The van der Waals surface area contributed by atoms with Gasteiger partial charge >= 0.3 is 5.97 Å². The standard InChI is InChI=1S/C22H28O3/c1-21(2,3)16-12-15(13-17(19(16)23)22(4,5)6)18(20(24)25)14-10-8-7-9-11-14/h7-13,18,23H,1-6H3,(H,24,25)/t18-/m0/s1. The van der Waals surface area contributed by atoms with Crippen LogP contribution in [0.3, 0.4) is 0 Å². The van der Waals surface area contributed by atoms with Crippen LogP contribution in [0.4, 0.5) is 0 Å². The molecule has 3 nitrogen and oxygen atoms in total. The SMILES string of the molecule is CC(C)(C)c1cc([C@@H](C(=O)O)c2ccccc2)cc(C(C)(C)C)c1O. The number of rotatable bonds is 3. The number of hydrogen-bond acceptors (Lipinski definition) is 2. The molecule has 0 spiro atoms. The quantitative estimate of drug-likeness (QED) is 0.807.